The smallest absolute Gasteiger partial charge is 0.159 e. The number of anilines is 4. The molecule has 2 aromatic carbocycles. The molecule has 0 spiro atoms. The minimum Gasteiger partial charge on any atom is -0.497 e. The van der Waals surface area contributed by atoms with Gasteiger partial charge < -0.3 is 25.8 Å². The van der Waals surface area contributed by atoms with Crippen LogP contribution in [0.5, 0.6) is 11.5 Å². The molecule has 7 nitrogen and oxygen atoms in total. The number of rotatable bonds is 7. The van der Waals surface area contributed by atoms with Gasteiger partial charge in [0.05, 0.1) is 19.9 Å². The maximum absolute atomic E-state index is 6.24. The molecule has 0 saturated carbocycles. The molecular weight excluding hydrogens is 366 g/mol. The van der Waals surface area contributed by atoms with E-state index in [1.165, 1.54) is 6.33 Å². The third-order valence-corrected chi connectivity index (χ3v) is 4.32. The fraction of sp³-hybridized carbons (Fsp3) is 0.158. The zero-order chi connectivity index (χ0) is 19.2. The standard InChI is InChI=1S/C19H20ClN5O2/c1-26-13-7-8-16(27-2)15(9-13)25-19-17(21)18(23-11-24-19)22-10-12-5-3-4-6-14(12)20/h3-9,11H,10,21H2,1-2H3,(H2,22,23,24,25). The van der Waals surface area contributed by atoms with Crippen LogP contribution >= 0.6 is 11.6 Å². The summed E-state index contributed by atoms with van der Waals surface area (Å²) >= 11 is 6.19. The number of nitrogens with two attached hydrogens (primary N) is 1. The summed E-state index contributed by atoms with van der Waals surface area (Å²) < 4.78 is 10.6. The molecule has 3 rings (SSSR count). The molecule has 0 aliphatic heterocycles. The van der Waals surface area contributed by atoms with Gasteiger partial charge >= 0.3 is 0 Å². The van der Waals surface area contributed by atoms with Crippen molar-refractivity contribution in [2.45, 2.75) is 6.54 Å². The zero-order valence-electron chi connectivity index (χ0n) is 15.0. The Kier molecular flexibility index (Phi) is 5.83. The lowest BCUT2D eigenvalue weighted by Crippen LogP contribution is -2.08. The average Bonchev–Trinajstić information content (AvgIpc) is 2.69. The molecule has 8 heteroatoms. The van der Waals surface area contributed by atoms with E-state index < -0.39 is 0 Å². The third-order valence-electron chi connectivity index (χ3n) is 3.95. The molecule has 27 heavy (non-hydrogen) atoms. The zero-order valence-corrected chi connectivity index (χ0v) is 15.7. The van der Waals surface area contributed by atoms with Gasteiger partial charge in [0.2, 0.25) is 0 Å². The lowest BCUT2D eigenvalue weighted by atomic mass is 10.2. The van der Waals surface area contributed by atoms with Crippen LogP contribution in [0.1, 0.15) is 5.56 Å². The predicted octanol–water partition coefficient (Wildman–Crippen LogP) is 4.09. The first-order valence-electron chi connectivity index (χ1n) is 8.19. The van der Waals surface area contributed by atoms with Crippen molar-refractivity contribution in [3.63, 3.8) is 0 Å². The lowest BCUT2D eigenvalue weighted by Gasteiger charge is -2.15. The molecule has 0 aliphatic carbocycles. The molecule has 0 saturated heterocycles. The van der Waals surface area contributed by atoms with E-state index in [0.717, 1.165) is 5.56 Å². The normalized spacial score (nSPS) is 10.3. The maximum atomic E-state index is 6.24. The summed E-state index contributed by atoms with van der Waals surface area (Å²) in [6.07, 6.45) is 1.43. The highest BCUT2D eigenvalue weighted by atomic mass is 35.5. The first-order chi connectivity index (χ1) is 13.1. The number of aromatic nitrogens is 2. The van der Waals surface area contributed by atoms with E-state index in [9.17, 15) is 0 Å². The number of methoxy groups -OCH3 is 2. The van der Waals surface area contributed by atoms with Crippen molar-refractivity contribution in [3.05, 3.63) is 59.4 Å². The van der Waals surface area contributed by atoms with E-state index in [4.69, 9.17) is 26.8 Å². The molecule has 4 N–H and O–H groups in total. The molecule has 0 aliphatic rings. The van der Waals surface area contributed by atoms with Gasteiger partial charge in [0.1, 0.15) is 23.5 Å². The molecule has 0 unspecified atom stereocenters. The van der Waals surface area contributed by atoms with Gasteiger partial charge in [-0.1, -0.05) is 29.8 Å². The van der Waals surface area contributed by atoms with Gasteiger partial charge in [0.25, 0.3) is 0 Å². The number of nitrogens with one attached hydrogen (secondary N) is 2. The highest BCUT2D eigenvalue weighted by Gasteiger charge is 2.12. The van der Waals surface area contributed by atoms with Crippen molar-refractivity contribution >= 4 is 34.6 Å². The Balaban J connectivity index is 1.82. The second-order valence-electron chi connectivity index (χ2n) is 5.62. The fourth-order valence-electron chi connectivity index (χ4n) is 2.50. The van der Waals surface area contributed by atoms with Gasteiger partial charge in [-0.2, -0.15) is 0 Å². The number of hydrogen-bond acceptors (Lipinski definition) is 7. The van der Waals surface area contributed by atoms with Crippen LogP contribution in [0.4, 0.5) is 23.0 Å². The van der Waals surface area contributed by atoms with Crippen molar-refractivity contribution in [1.82, 2.24) is 9.97 Å². The number of nitrogens with zero attached hydrogens (tertiary/aromatic N) is 2. The monoisotopic (exact) mass is 385 g/mol. The quantitative estimate of drug-likeness (QED) is 0.564. The first-order valence-corrected chi connectivity index (χ1v) is 8.57. The van der Waals surface area contributed by atoms with Crippen LogP contribution in [0, 0.1) is 0 Å². The van der Waals surface area contributed by atoms with Crippen LogP contribution in [0.25, 0.3) is 0 Å². The molecule has 0 amide bonds. The predicted molar refractivity (Wildman–Crippen MR) is 108 cm³/mol. The van der Waals surface area contributed by atoms with Gasteiger partial charge in [-0.15, -0.1) is 0 Å². The number of hydrogen-bond donors (Lipinski definition) is 3. The minimum atomic E-state index is 0.384. The van der Waals surface area contributed by atoms with Crippen LogP contribution in [0.3, 0.4) is 0 Å². The van der Waals surface area contributed by atoms with Crippen molar-refractivity contribution in [3.8, 4) is 11.5 Å². The number of ether oxygens (including phenoxy) is 2. The van der Waals surface area contributed by atoms with E-state index in [2.05, 4.69) is 20.6 Å². The van der Waals surface area contributed by atoms with Gasteiger partial charge in [-0.3, -0.25) is 0 Å². The third kappa shape index (κ3) is 4.32. The summed E-state index contributed by atoms with van der Waals surface area (Å²) in [5.41, 5.74) is 8.25. The minimum absolute atomic E-state index is 0.384. The summed E-state index contributed by atoms with van der Waals surface area (Å²) in [7, 11) is 3.19. The number of benzene rings is 2. The first kappa shape index (κ1) is 18.6. The second kappa shape index (κ2) is 8.46. The average molecular weight is 386 g/mol. The Morgan fingerprint density at radius 3 is 2.56 bits per heavy atom. The Morgan fingerprint density at radius 1 is 1.04 bits per heavy atom. The van der Waals surface area contributed by atoms with Gasteiger partial charge in [0, 0.05) is 17.6 Å². The van der Waals surface area contributed by atoms with Crippen molar-refractivity contribution in [2.24, 2.45) is 0 Å². The van der Waals surface area contributed by atoms with Crippen molar-refractivity contribution < 1.29 is 9.47 Å². The molecular formula is C19H20ClN5O2. The van der Waals surface area contributed by atoms with E-state index in [-0.39, 0.29) is 0 Å². The molecule has 140 valence electrons. The van der Waals surface area contributed by atoms with Gasteiger partial charge in [0.15, 0.2) is 11.6 Å². The Bertz CT molecular complexity index is 936. The lowest BCUT2D eigenvalue weighted by molar-refractivity contribution is 0.405. The number of halogens is 1. The van der Waals surface area contributed by atoms with Crippen LogP contribution in [0.15, 0.2) is 48.8 Å². The molecule has 0 fully saturated rings. The maximum Gasteiger partial charge on any atom is 0.159 e. The van der Waals surface area contributed by atoms with E-state index in [1.54, 1.807) is 26.4 Å². The highest BCUT2D eigenvalue weighted by molar-refractivity contribution is 6.31. The Labute approximate surface area is 162 Å². The summed E-state index contributed by atoms with van der Waals surface area (Å²) in [5.74, 6) is 2.29. The van der Waals surface area contributed by atoms with E-state index >= 15 is 0 Å². The summed E-state index contributed by atoms with van der Waals surface area (Å²) in [6.45, 7) is 0.489. The van der Waals surface area contributed by atoms with Crippen LogP contribution < -0.4 is 25.8 Å². The van der Waals surface area contributed by atoms with Crippen LogP contribution in [0.2, 0.25) is 5.02 Å². The second-order valence-corrected chi connectivity index (χ2v) is 6.03. The van der Waals surface area contributed by atoms with Crippen molar-refractivity contribution in [2.75, 3.05) is 30.6 Å². The van der Waals surface area contributed by atoms with Gasteiger partial charge in [-0.25, -0.2) is 9.97 Å². The van der Waals surface area contributed by atoms with Crippen molar-refractivity contribution in [1.29, 1.82) is 0 Å². The van der Waals surface area contributed by atoms with E-state index in [1.807, 2.05) is 30.3 Å². The van der Waals surface area contributed by atoms with Crippen LogP contribution in [-0.2, 0) is 6.54 Å². The molecule has 1 heterocycles. The molecule has 1 aromatic heterocycles. The van der Waals surface area contributed by atoms with Gasteiger partial charge in [-0.05, 0) is 23.8 Å². The summed E-state index contributed by atoms with van der Waals surface area (Å²) in [6, 6.07) is 13.0. The Hall–Kier alpha value is -3.19. The molecule has 0 bridgehead atoms. The molecule has 0 radical (unpaired) electrons. The Morgan fingerprint density at radius 2 is 1.81 bits per heavy atom. The number of nitrogen functional groups attached to an aromatic ring is 1. The SMILES string of the molecule is COc1ccc(OC)c(Nc2ncnc(NCc3ccccc3Cl)c2N)c1. The van der Waals surface area contributed by atoms with Crippen LogP contribution in [-0.4, -0.2) is 24.2 Å². The summed E-state index contributed by atoms with van der Waals surface area (Å²) in [5, 5.41) is 7.04. The molecule has 0 atom stereocenters. The van der Waals surface area contributed by atoms with E-state index in [0.29, 0.717) is 46.1 Å². The largest absolute Gasteiger partial charge is 0.497 e. The highest BCUT2D eigenvalue weighted by Crippen LogP contribution is 2.34. The topological polar surface area (TPSA) is 94.3 Å². The molecule has 3 aromatic rings. The fourth-order valence-corrected chi connectivity index (χ4v) is 2.70. The summed E-state index contributed by atoms with van der Waals surface area (Å²) in [4.78, 5) is 8.44.